The van der Waals surface area contributed by atoms with E-state index in [-0.39, 0.29) is 29.1 Å². The molecule has 26 heavy (non-hydrogen) atoms. The van der Waals surface area contributed by atoms with Crippen LogP contribution >= 0.6 is 0 Å². The van der Waals surface area contributed by atoms with Crippen molar-refractivity contribution in [3.8, 4) is 0 Å². The van der Waals surface area contributed by atoms with Crippen LogP contribution in [-0.4, -0.2) is 48.1 Å². The van der Waals surface area contributed by atoms with Gasteiger partial charge in [0.2, 0.25) is 0 Å². The Labute approximate surface area is 146 Å². The third-order valence-electron chi connectivity index (χ3n) is 3.68. The number of aliphatic hydroxyl groups excluding tert-OH is 1. The fraction of sp³-hybridized carbons (Fsp3) is 0.312. The van der Waals surface area contributed by atoms with Crippen molar-refractivity contribution in [2.45, 2.75) is 13.1 Å². The fourth-order valence-corrected chi connectivity index (χ4v) is 2.45. The number of nitrogens with zero attached hydrogens (tertiary/aromatic N) is 1. The number of carbonyl (C=O) groups is 3. The molecule has 1 aromatic carbocycles. The molecule has 0 radical (unpaired) electrons. The molecule has 1 aliphatic rings. The molecule has 0 bridgehead atoms. The Morgan fingerprint density at radius 1 is 1.31 bits per heavy atom. The zero-order chi connectivity index (χ0) is 19.6. The highest BCUT2D eigenvalue weighted by atomic mass is 19.4. The van der Waals surface area contributed by atoms with Crippen molar-refractivity contribution >= 4 is 23.5 Å². The molecule has 0 atom stereocenters. The summed E-state index contributed by atoms with van der Waals surface area (Å²) in [6.45, 7) is 0.464. The molecule has 0 aromatic heterocycles. The average Bonchev–Trinajstić information content (AvgIpc) is 2.82. The molecule has 2 N–H and O–H groups in total. The van der Waals surface area contributed by atoms with Crippen LogP contribution in [0.1, 0.15) is 21.5 Å². The molecule has 1 heterocycles. The predicted octanol–water partition coefficient (Wildman–Crippen LogP) is 1.46. The molecular weight excluding hydrogens is 357 g/mol. The van der Waals surface area contributed by atoms with E-state index >= 15 is 0 Å². The normalized spacial score (nSPS) is 14.5. The summed E-state index contributed by atoms with van der Waals surface area (Å²) in [5.74, 6) is -2.46. The first-order valence-corrected chi connectivity index (χ1v) is 7.35. The maximum atomic E-state index is 13.1. The Kier molecular flexibility index (Phi) is 5.36. The first kappa shape index (κ1) is 19.4. The summed E-state index contributed by atoms with van der Waals surface area (Å²) in [5.41, 5.74) is -2.07. The smallest absolute Gasteiger partial charge is 0.416 e. The van der Waals surface area contributed by atoms with Crippen LogP contribution in [0.4, 0.5) is 18.9 Å². The number of aryl methyl sites for hydroxylation is 1. The molecular formula is C16H15F3N2O5. The predicted molar refractivity (Wildman–Crippen MR) is 83.0 cm³/mol. The maximum absolute atomic E-state index is 13.1. The summed E-state index contributed by atoms with van der Waals surface area (Å²) in [6, 6.07) is 1.67. The van der Waals surface area contributed by atoms with Gasteiger partial charge in [0.15, 0.2) is 0 Å². The van der Waals surface area contributed by atoms with Crippen LogP contribution in [0.2, 0.25) is 0 Å². The van der Waals surface area contributed by atoms with Crippen LogP contribution < -0.4 is 5.32 Å². The molecule has 0 aliphatic carbocycles. The van der Waals surface area contributed by atoms with E-state index in [1.165, 1.54) is 6.92 Å². The van der Waals surface area contributed by atoms with Gasteiger partial charge in [0.25, 0.3) is 11.8 Å². The van der Waals surface area contributed by atoms with E-state index in [9.17, 15) is 27.6 Å². The Morgan fingerprint density at radius 2 is 1.96 bits per heavy atom. The molecule has 2 rings (SSSR count). The van der Waals surface area contributed by atoms with Crippen LogP contribution in [0.25, 0.3) is 0 Å². The van der Waals surface area contributed by atoms with E-state index in [0.717, 1.165) is 24.2 Å². The molecule has 0 unspecified atom stereocenters. The maximum Gasteiger partial charge on any atom is 0.416 e. The van der Waals surface area contributed by atoms with Crippen molar-refractivity contribution in [1.29, 1.82) is 0 Å². The second-order valence-electron chi connectivity index (χ2n) is 5.40. The highest BCUT2D eigenvalue weighted by Gasteiger charge is 2.35. The molecule has 7 nitrogen and oxygen atoms in total. The topological polar surface area (TPSA) is 95.9 Å². The lowest BCUT2D eigenvalue weighted by molar-refractivity contribution is -0.138. The second kappa shape index (κ2) is 7.16. The van der Waals surface area contributed by atoms with E-state index in [1.54, 1.807) is 0 Å². The SMILES string of the molecule is COC(=O)c1cc(C)c(C(F)(F)F)cc1NC1=CC(=O)N(CCO)C1=O. The van der Waals surface area contributed by atoms with E-state index in [2.05, 4.69) is 10.1 Å². The number of alkyl halides is 3. The van der Waals surface area contributed by atoms with Crippen LogP contribution in [0, 0.1) is 6.92 Å². The highest BCUT2D eigenvalue weighted by Crippen LogP contribution is 2.36. The largest absolute Gasteiger partial charge is 0.465 e. The molecule has 0 spiro atoms. The first-order chi connectivity index (χ1) is 12.1. The lowest BCUT2D eigenvalue weighted by atomic mass is 10.0. The van der Waals surface area contributed by atoms with Crippen molar-refractivity contribution in [3.63, 3.8) is 0 Å². The molecule has 0 fully saturated rings. The number of amides is 2. The van der Waals surface area contributed by atoms with Gasteiger partial charge in [-0.05, 0) is 24.6 Å². The van der Waals surface area contributed by atoms with Gasteiger partial charge in [-0.2, -0.15) is 13.2 Å². The molecule has 1 aromatic rings. The number of esters is 1. The molecule has 10 heteroatoms. The summed E-state index contributed by atoms with van der Waals surface area (Å²) in [4.78, 5) is 36.5. The summed E-state index contributed by atoms with van der Waals surface area (Å²) in [5, 5.41) is 11.3. The van der Waals surface area contributed by atoms with Gasteiger partial charge in [-0.25, -0.2) is 4.79 Å². The summed E-state index contributed by atoms with van der Waals surface area (Å²) >= 11 is 0. The quantitative estimate of drug-likeness (QED) is 0.600. The number of hydrogen-bond acceptors (Lipinski definition) is 6. The van der Waals surface area contributed by atoms with Gasteiger partial charge in [0, 0.05) is 6.08 Å². The Hall–Kier alpha value is -2.88. The zero-order valence-electron chi connectivity index (χ0n) is 13.8. The highest BCUT2D eigenvalue weighted by molar-refractivity contribution is 6.17. The van der Waals surface area contributed by atoms with Crippen LogP contribution in [0.15, 0.2) is 23.9 Å². The Balaban J connectivity index is 2.48. The minimum atomic E-state index is -4.68. The number of anilines is 1. The molecule has 0 saturated carbocycles. The van der Waals surface area contributed by atoms with Crippen LogP contribution in [0.3, 0.4) is 0 Å². The van der Waals surface area contributed by atoms with Crippen molar-refractivity contribution in [2.75, 3.05) is 25.6 Å². The van der Waals surface area contributed by atoms with Gasteiger partial charge in [-0.15, -0.1) is 0 Å². The number of β-amino-alcohol motifs (C(OH)–C–C–N with tert-alkyl or cyclic N) is 1. The number of imide groups is 1. The number of hydrogen-bond donors (Lipinski definition) is 2. The van der Waals surface area contributed by atoms with Gasteiger partial charge in [0.1, 0.15) is 5.70 Å². The van der Waals surface area contributed by atoms with E-state index in [1.807, 2.05) is 0 Å². The third-order valence-corrected chi connectivity index (χ3v) is 3.68. The summed E-state index contributed by atoms with van der Waals surface area (Å²) in [6.07, 6.45) is -3.80. The monoisotopic (exact) mass is 372 g/mol. The molecule has 0 saturated heterocycles. The van der Waals surface area contributed by atoms with E-state index < -0.39 is 36.1 Å². The number of carbonyl (C=O) groups excluding carboxylic acids is 3. The van der Waals surface area contributed by atoms with Gasteiger partial charge >= 0.3 is 12.1 Å². The number of ether oxygens (including phenoxy) is 1. The minimum absolute atomic E-state index is 0.201. The van der Waals surface area contributed by atoms with E-state index in [0.29, 0.717) is 6.07 Å². The number of nitrogens with one attached hydrogen (secondary N) is 1. The first-order valence-electron chi connectivity index (χ1n) is 7.35. The van der Waals surface area contributed by atoms with Gasteiger partial charge in [-0.3, -0.25) is 14.5 Å². The van der Waals surface area contributed by atoms with Crippen molar-refractivity contribution in [2.24, 2.45) is 0 Å². The van der Waals surface area contributed by atoms with Crippen molar-refractivity contribution < 1.29 is 37.4 Å². The number of benzene rings is 1. The molecule has 2 amide bonds. The Bertz CT molecular complexity index is 802. The summed E-state index contributed by atoms with van der Waals surface area (Å²) in [7, 11) is 1.06. The van der Waals surface area contributed by atoms with E-state index in [4.69, 9.17) is 5.11 Å². The summed E-state index contributed by atoms with van der Waals surface area (Å²) < 4.78 is 44.0. The lowest BCUT2D eigenvalue weighted by Crippen LogP contribution is -2.34. The van der Waals surface area contributed by atoms with Gasteiger partial charge in [-0.1, -0.05) is 0 Å². The van der Waals surface area contributed by atoms with Gasteiger partial charge < -0.3 is 15.2 Å². The Morgan fingerprint density at radius 3 is 2.50 bits per heavy atom. The second-order valence-corrected chi connectivity index (χ2v) is 5.40. The van der Waals surface area contributed by atoms with Crippen LogP contribution in [-0.2, 0) is 20.5 Å². The number of methoxy groups -OCH3 is 1. The average molecular weight is 372 g/mol. The number of rotatable bonds is 5. The number of aliphatic hydroxyl groups is 1. The van der Waals surface area contributed by atoms with Crippen molar-refractivity contribution in [1.82, 2.24) is 4.90 Å². The minimum Gasteiger partial charge on any atom is -0.465 e. The molecule has 140 valence electrons. The molecule has 1 aliphatic heterocycles. The van der Waals surface area contributed by atoms with Crippen LogP contribution in [0.5, 0.6) is 0 Å². The number of halogens is 3. The standard InChI is InChI=1S/C16H15F3N2O5/c1-8-5-9(15(25)26-2)11(6-10(8)16(17,18)19)20-12-7-13(23)21(3-4-22)14(12)24/h5-7,20,22H,3-4H2,1-2H3. The lowest BCUT2D eigenvalue weighted by Gasteiger charge is -2.17. The van der Waals surface area contributed by atoms with Crippen molar-refractivity contribution in [3.05, 3.63) is 40.6 Å². The zero-order valence-corrected chi connectivity index (χ0v) is 13.8. The fourth-order valence-electron chi connectivity index (χ4n) is 2.45. The third kappa shape index (κ3) is 3.69. The van der Waals surface area contributed by atoms with Gasteiger partial charge in [0.05, 0.1) is 37.1 Å².